The van der Waals surface area contributed by atoms with Gasteiger partial charge in [0.05, 0.1) is 6.33 Å². The summed E-state index contributed by atoms with van der Waals surface area (Å²) in [7, 11) is -3.76. The van der Waals surface area contributed by atoms with E-state index in [-0.39, 0.29) is 17.5 Å². The number of nitrogens with zero attached hydrogens (tertiary/aromatic N) is 3. The van der Waals surface area contributed by atoms with Gasteiger partial charge >= 0.3 is 0 Å². The van der Waals surface area contributed by atoms with Crippen LogP contribution < -0.4 is 10.6 Å². The monoisotopic (exact) mass is 315 g/mol. The number of hydrogen-bond donors (Lipinski definition) is 2. The molecule has 0 saturated carbocycles. The summed E-state index contributed by atoms with van der Waals surface area (Å²) in [6.07, 6.45) is 2.97. The van der Waals surface area contributed by atoms with Crippen molar-refractivity contribution in [2.24, 2.45) is 0 Å². The van der Waals surface area contributed by atoms with Crippen molar-refractivity contribution in [2.45, 2.75) is 31.5 Å². The predicted molar refractivity (Wildman–Crippen MR) is 77.1 cm³/mol. The van der Waals surface area contributed by atoms with Crippen molar-refractivity contribution in [1.82, 2.24) is 24.5 Å². The lowest BCUT2D eigenvalue weighted by Crippen LogP contribution is -2.59. The second-order valence-electron chi connectivity index (χ2n) is 4.77. The number of piperazine rings is 1. The Bertz CT molecular complexity index is 598. The summed E-state index contributed by atoms with van der Waals surface area (Å²) in [5, 5.41) is 5.71. The van der Waals surface area contributed by atoms with Gasteiger partial charge < -0.3 is 15.2 Å². The molecule has 1 aliphatic rings. The van der Waals surface area contributed by atoms with Crippen LogP contribution in [0, 0.1) is 0 Å². The van der Waals surface area contributed by atoms with Gasteiger partial charge in [0.2, 0.25) is 5.91 Å². The number of hydrogen-bond acceptors (Lipinski definition) is 5. The average Bonchev–Trinajstić information content (AvgIpc) is 2.97. The molecule has 0 spiro atoms. The smallest absolute Gasteiger partial charge is 0.262 e. The number of likely N-dealkylation sites (N-methyl/N-ethyl adjacent to an activating group) is 1. The summed E-state index contributed by atoms with van der Waals surface area (Å²) in [5.41, 5.74) is 0. The van der Waals surface area contributed by atoms with E-state index in [0.29, 0.717) is 26.2 Å². The number of imidazole rings is 1. The van der Waals surface area contributed by atoms with Crippen molar-refractivity contribution >= 4 is 15.9 Å². The molecular weight excluding hydrogens is 294 g/mol. The zero-order valence-corrected chi connectivity index (χ0v) is 13.1. The molecule has 21 heavy (non-hydrogen) atoms. The highest BCUT2D eigenvalue weighted by atomic mass is 32.2. The Kier molecular flexibility index (Phi) is 4.96. The van der Waals surface area contributed by atoms with Gasteiger partial charge in [0.1, 0.15) is 6.04 Å². The van der Waals surface area contributed by atoms with Crippen molar-refractivity contribution in [3.8, 4) is 0 Å². The van der Waals surface area contributed by atoms with Crippen molar-refractivity contribution < 1.29 is 13.2 Å². The van der Waals surface area contributed by atoms with Gasteiger partial charge in [-0.3, -0.25) is 4.79 Å². The molecule has 2 heterocycles. The van der Waals surface area contributed by atoms with E-state index in [0.717, 1.165) is 0 Å². The maximum atomic E-state index is 12.7. The molecule has 1 fully saturated rings. The second-order valence-corrected chi connectivity index (χ2v) is 6.61. The first-order chi connectivity index (χ1) is 10.0. The van der Waals surface area contributed by atoms with Gasteiger partial charge in [-0.25, -0.2) is 13.4 Å². The summed E-state index contributed by atoms with van der Waals surface area (Å²) >= 11 is 0. The molecule has 1 aliphatic heterocycles. The zero-order chi connectivity index (χ0) is 15.5. The topological polar surface area (TPSA) is 96.3 Å². The molecule has 8 nitrogen and oxygen atoms in total. The van der Waals surface area contributed by atoms with Crippen LogP contribution in [-0.2, 0) is 21.4 Å². The molecule has 0 bridgehead atoms. The third-order valence-electron chi connectivity index (χ3n) is 3.40. The summed E-state index contributed by atoms with van der Waals surface area (Å²) in [6.45, 7) is 5.89. The fourth-order valence-corrected chi connectivity index (χ4v) is 3.78. The van der Waals surface area contributed by atoms with Crippen LogP contribution in [0.25, 0.3) is 0 Å². The van der Waals surface area contributed by atoms with E-state index in [1.54, 1.807) is 11.5 Å². The molecule has 1 atom stereocenters. The Labute approximate surface area is 124 Å². The molecule has 1 unspecified atom stereocenters. The molecule has 2 N–H and O–H groups in total. The van der Waals surface area contributed by atoms with Crippen molar-refractivity contribution in [3.05, 3.63) is 12.5 Å². The van der Waals surface area contributed by atoms with Crippen LogP contribution in [0.4, 0.5) is 0 Å². The van der Waals surface area contributed by atoms with Gasteiger partial charge in [-0.15, -0.1) is 0 Å². The minimum atomic E-state index is -3.76. The lowest BCUT2D eigenvalue weighted by molar-refractivity contribution is -0.125. The van der Waals surface area contributed by atoms with E-state index in [1.165, 1.54) is 16.8 Å². The SMILES string of the molecule is CCNC(=O)C1CNCCN1S(=O)(=O)c1cn(CC)cn1. The van der Waals surface area contributed by atoms with E-state index < -0.39 is 16.1 Å². The Morgan fingerprint density at radius 2 is 2.29 bits per heavy atom. The van der Waals surface area contributed by atoms with E-state index >= 15 is 0 Å². The highest BCUT2D eigenvalue weighted by Gasteiger charge is 2.38. The number of amides is 1. The van der Waals surface area contributed by atoms with Crippen LogP contribution in [-0.4, -0.2) is 60.4 Å². The number of sulfonamides is 1. The molecule has 0 aromatic carbocycles. The van der Waals surface area contributed by atoms with Crippen LogP contribution in [0.3, 0.4) is 0 Å². The van der Waals surface area contributed by atoms with Crippen LogP contribution >= 0.6 is 0 Å². The van der Waals surface area contributed by atoms with E-state index in [1.807, 2.05) is 6.92 Å². The third-order valence-corrected chi connectivity index (χ3v) is 5.19. The minimum Gasteiger partial charge on any atom is -0.355 e. The number of aromatic nitrogens is 2. The lowest BCUT2D eigenvalue weighted by atomic mass is 10.2. The lowest BCUT2D eigenvalue weighted by Gasteiger charge is -2.33. The van der Waals surface area contributed by atoms with Crippen LogP contribution in [0.5, 0.6) is 0 Å². The summed E-state index contributed by atoms with van der Waals surface area (Å²) in [6, 6.07) is -0.740. The third kappa shape index (κ3) is 3.25. The standard InChI is InChI=1S/C12H21N5O3S/c1-3-14-12(18)10-7-13-5-6-17(10)21(19,20)11-8-16(4-2)9-15-11/h8-10,13H,3-7H2,1-2H3,(H,14,18). The van der Waals surface area contributed by atoms with Gasteiger partial charge in [-0.2, -0.15) is 4.31 Å². The largest absolute Gasteiger partial charge is 0.355 e. The Morgan fingerprint density at radius 3 is 2.90 bits per heavy atom. The first-order valence-corrected chi connectivity index (χ1v) is 8.46. The Balaban J connectivity index is 2.29. The van der Waals surface area contributed by atoms with Crippen molar-refractivity contribution in [3.63, 3.8) is 0 Å². The molecule has 0 radical (unpaired) electrons. The Morgan fingerprint density at radius 1 is 1.52 bits per heavy atom. The minimum absolute atomic E-state index is 0.0134. The molecule has 0 aliphatic carbocycles. The predicted octanol–water partition coefficient (Wildman–Crippen LogP) is -0.998. The molecule has 9 heteroatoms. The number of carbonyl (C=O) groups is 1. The second kappa shape index (κ2) is 6.54. The van der Waals surface area contributed by atoms with Gasteiger partial charge in [0.25, 0.3) is 10.0 Å². The van der Waals surface area contributed by atoms with Crippen LogP contribution in [0.15, 0.2) is 17.6 Å². The molecule has 1 saturated heterocycles. The molecule has 1 aromatic rings. The maximum absolute atomic E-state index is 12.7. The molecule has 1 aromatic heterocycles. The van der Waals surface area contributed by atoms with Gasteiger partial charge in [-0.05, 0) is 13.8 Å². The molecule has 1 amide bonds. The fourth-order valence-electron chi connectivity index (χ4n) is 2.25. The number of nitrogens with one attached hydrogen (secondary N) is 2. The normalized spacial score (nSPS) is 20.4. The average molecular weight is 315 g/mol. The molecule has 2 rings (SSSR count). The van der Waals surface area contributed by atoms with Gasteiger partial charge in [0.15, 0.2) is 5.03 Å². The summed E-state index contributed by atoms with van der Waals surface area (Å²) in [4.78, 5) is 16.0. The molecule has 118 valence electrons. The first-order valence-electron chi connectivity index (χ1n) is 7.02. The van der Waals surface area contributed by atoms with E-state index in [9.17, 15) is 13.2 Å². The van der Waals surface area contributed by atoms with E-state index in [2.05, 4.69) is 15.6 Å². The van der Waals surface area contributed by atoms with Crippen LogP contribution in [0.2, 0.25) is 0 Å². The Hall–Kier alpha value is -1.45. The number of aryl methyl sites for hydroxylation is 1. The van der Waals surface area contributed by atoms with E-state index in [4.69, 9.17) is 0 Å². The zero-order valence-electron chi connectivity index (χ0n) is 12.2. The molecular formula is C12H21N5O3S. The summed E-state index contributed by atoms with van der Waals surface area (Å²) < 4.78 is 28.3. The quantitative estimate of drug-likeness (QED) is 0.727. The number of rotatable bonds is 5. The first kappa shape index (κ1) is 15.9. The summed E-state index contributed by atoms with van der Waals surface area (Å²) in [5.74, 6) is -0.289. The van der Waals surface area contributed by atoms with Crippen LogP contribution in [0.1, 0.15) is 13.8 Å². The number of carbonyl (C=O) groups excluding carboxylic acids is 1. The van der Waals surface area contributed by atoms with Gasteiger partial charge in [0, 0.05) is 38.9 Å². The highest BCUT2D eigenvalue weighted by molar-refractivity contribution is 7.89. The maximum Gasteiger partial charge on any atom is 0.262 e. The fraction of sp³-hybridized carbons (Fsp3) is 0.667. The van der Waals surface area contributed by atoms with Crippen molar-refractivity contribution in [2.75, 3.05) is 26.2 Å². The van der Waals surface area contributed by atoms with Crippen molar-refractivity contribution in [1.29, 1.82) is 0 Å². The highest BCUT2D eigenvalue weighted by Crippen LogP contribution is 2.18. The van der Waals surface area contributed by atoms with Gasteiger partial charge in [-0.1, -0.05) is 0 Å².